The van der Waals surface area contributed by atoms with Gasteiger partial charge in [-0.2, -0.15) is 0 Å². The minimum Gasteiger partial charge on any atom is -0.309 e. The Morgan fingerprint density at radius 2 is 0.833 bits per heavy atom. The molecule has 9 aromatic carbocycles. The zero-order valence-electron chi connectivity index (χ0n) is 32.6. The molecule has 0 saturated carbocycles. The van der Waals surface area contributed by atoms with Gasteiger partial charge >= 0.3 is 0 Å². The van der Waals surface area contributed by atoms with Crippen molar-refractivity contribution in [2.45, 2.75) is 0 Å². The molecule has 0 saturated heterocycles. The average Bonchev–Trinajstić information content (AvgIpc) is 3.85. The molecule has 280 valence electrons. The third kappa shape index (κ3) is 5.46. The van der Waals surface area contributed by atoms with E-state index in [1.165, 1.54) is 54.7 Å². The standard InChI is InChI=1S/C56H36N4/c1-4-16-37(17-5-1)40-22-14-24-43(35-40)59-50-27-12-10-25-45(50)54-52(59)32-33-53-55(54)46-26-11-13-28-51(46)60(53)49-29-15-23-41-34-42(30-31-44(41)49)56-57-47(38-18-6-2-7-19-38)36-48(58-56)39-20-8-3-9-21-39/h1-36H. The van der Waals surface area contributed by atoms with Crippen LogP contribution in [0.4, 0.5) is 0 Å². The van der Waals surface area contributed by atoms with Crippen LogP contribution in [-0.4, -0.2) is 19.1 Å². The van der Waals surface area contributed by atoms with Gasteiger partial charge in [-0.3, -0.25) is 0 Å². The molecular weight excluding hydrogens is 729 g/mol. The summed E-state index contributed by atoms with van der Waals surface area (Å²) < 4.78 is 4.88. The molecule has 0 atom stereocenters. The van der Waals surface area contributed by atoms with Crippen molar-refractivity contribution in [2.75, 3.05) is 0 Å². The van der Waals surface area contributed by atoms with Gasteiger partial charge in [-0.05, 0) is 71.1 Å². The molecule has 12 aromatic rings. The molecule has 0 N–H and O–H groups in total. The van der Waals surface area contributed by atoms with Crippen LogP contribution in [0.5, 0.6) is 0 Å². The van der Waals surface area contributed by atoms with Crippen molar-refractivity contribution in [1.29, 1.82) is 0 Å². The lowest BCUT2D eigenvalue weighted by atomic mass is 10.0. The molecule has 12 rings (SSSR count). The quantitative estimate of drug-likeness (QED) is 0.169. The van der Waals surface area contributed by atoms with E-state index in [0.29, 0.717) is 5.82 Å². The Hall–Kier alpha value is -8.08. The lowest BCUT2D eigenvalue weighted by Crippen LogP contribution is -1.97. The Kier molecular flexibility index (Phi) is 7.82. The second-order valence-electron chi connectivity index (χ2n) is 15.4. The summed E-state index contributed by atoms with van der Waals surface area (Å²) in [6, 6.07) is 77.9. The van der Waals surface area contributed by atoms with Crippen LogP contribution in [0.15, 0.2) is 218 Å². The van der Waals surface area contributed by atoms with E-state index >= 15 is 0 Å². The van der Waals surface area contributed by atoms with Gasteiger partial charge in [0.15, 0.2) is 5.82 Å². The first kappa shape index (κ1) is 34.0. The minimum atomic E-state index is 0.701. The number of fused-ring (bicyclic) bond motifs is 8. The molecule has 0 amide bonds. The van der Waals surface area contributed by atoms with E-state index < -0.39 is 0 Å². The molecule has 0 aliphatic heterocycles. The van der Waals surface area contributed by atoms with Gasteiger partial charge in [0, 0.05) is 49.3 Å². The third-order valence-corrected chi connectivity index (χ3v) is 11.9. The smallest absolute Gasteiger partial charge is 0.160 e. The van der Waals surface area contributed by atoms with Gasteiger partial charge in [-0.1, -0.05) is 164 Å². The van der Waals surface area contributed by atoms with Gasteiger partial charge in [0.2, 0.25) is 0 Å². The summed E-state index contributed by atoms with van der Waals surface area (Å²) in [7, 11) is 0. The van der Waals surface area contributed by atoms with Gasteiger partial charge in [0.25, 0.3) is 0 Å². The van der Waals surface area contributed by atoms with E-state index in [4.69, 9.17) is 9.97 Å². The summed E-state index contributed by atoms with van der Waals surface area (Å²) in [6.45, 7) is 0. The van der Waals surface area contributed by atoms with Crippen LogP contribution in [-0.2, 0) is 0 Å². The summed E-state index contributed by atoms with van der Waals surface area (Å²) in [4.78, 5) is 10.3. The fraction of sp³-hybridized carbons (Fsp3) is 0. The second-order valence-corrected chi connectivity index (χ2v) is 15.4. The first-order valence-electron chi connectivity index (χ1n) is 20.4. The highest BCUT2D eigenvalue weighted by molar-refractivity contribution is 6.29. The molecule has 0 radical (unpaired) electrons. The Morgan fingerprint density at radius 3 is 1.48 bits per heavy atom. The summed E-state index contributed by atoms with van der Waals surface area (Å²) in [5, 5.41) is 7.27. The maximum Gasteiger partial charge on any atom is 0.160 e. The molecule has 4 nitrogen and oxygen atoms in total. The van der Waals surface area contributed by atoms with Crippen LogP contribution in [0, 0.1) is 0 Å². The molecule has 4 heteroatoms. The highest BCUT2D eigenvalue weighted by atomic mass is 15.0. The molecule has 3 aromatic heterocycles. The van der Waals surface area contributed by atoms with Gasteiger partial charge < -0.3 is 9.13 Å². The highest BCUT2D eigenvalue weighted by Gasteiger charge is 2.21. The van der Waals surface area contributed by atoms with Crippen LogP contribution < -0.4 is 0 Å². The van der Waals surface area contributed by atoms with E-state index in [1.54, 1.807) is 0 Å². The number of hydrogen-bond donors (Lipinski definition) is 0. The topological polar surface area (TPSA) is 35.6 Å². The molecule has 0 unspecified atom stereocenters. The van der Waals surface area contributed by atoms with Crippen LogP contribution in [0.3, 0.4) is 0 Å². The van der Waals surface area contributed by atoms with Gasteiger partial charge in [-0.25, -0.2) is 9.97 Å². The molecule has 0 bridgehead atoms. The fourth-order valence-electron chi connectivity index (χ4n) is 9.20. The van der Waals surface area contributed by atoms with Gasteiger partial charge in [-0.15, -0.1) is 0 Å². The van der Waals surface area contributed by atoms with Crippen molar-refractivity contribution in [3.63, 3.8) is 0 Å². The predicted molar refractivity (Wildman–Crippen MR) is 250 cm³/mol. The predicted octanol–water partition coefficient (Wildman–Crippen LogP) is 14.5. The largest absolute Gasteiger partial charge is 0.309 e. The molecule has 3 heterocycles. The van der Waals surface area contributed by atoms with Gasteiger partial charge in [0.1, 0.15) is 0 Å². The molecule has 0 aliphatic carbocycles. The van der Waals surface area contributed by atoms with Crippen molar-refractivity contribution in [3.8, 4) is 56.4 Å². The Morgan fingerprint density at radius 1 is 0.300 bits per heavy atom. The van der Waals surface area contributed by atoms with Crippen LogP contribution in [0.1, 0.15) is 0 Å². The van der Waals surface area contributed by atoms with Crippen LogP contribution >= 0.6 is 0 Å². The third-order valence-electron chi connectivity index (χ3n) is 11.9. The molecule has 0 spiro atoms. The zero-order chi connectivity index (χ0) is 39.6. The number of benzene rings is 9. The first-order valence-corrected chi connectivity index (χ1v) is 20.4. The minimum absolute atomic E-state index is 0.701. The molecule has 0 aliphatic rings. The average molecular weight is 765 g/mol. The van der Waals surface area contributed by atoms with E-state index in [0.717, 1.165) is 50.2 Å². The number of aromatic nitrogens is 4. The molecule has 60 heavy (non-hydrogen) atoms. The zero-order valence-corrected chi connectivity index (χ0v) is 32.6. The summed E-state index contributed by atoms with van der Waals surface area (Å²) in [5.74, 6) is 0.701. The Bertz CT molecular complexity index is 3530. The van der Waals surface area contributed by atoms with Crippen molar-refractivity contribution < 1.29 is 0 Å². The summed E-state index contributed by atoms with van der Waals surface area (Å²) in [5.41, 5.74) is 14.3. The number of hydrogen-bond acceptors (Lipinski definition) is 2. The lowest BCUT2D eigenvalue weighted by molar-refractivity contribution is 1.18. The normalized spacial score (nSPS) is 11.7. The van der Waals surface area contributed by atoms with E-state index in [1.807, 2.05) is 12.1 Å². The fourth-order valence-corrected chi connectivity index (χ4v) is 9.20. The lowest BCUT2D eigenvalue weighted by Gasteiger charge is -2.14. The van der Waals surface area contributed by atoms with Crippen LogP contribution in [0.25, 0.3) is 111 Å². The Labute approximate surface area is 346 Å². The number of nitrogens with zero attached hydrogens (tertiary/aromatic N) is 4. The number of para-hydroxylation sites is 2. The maximum atomic E-state index is 5.14. The molecular formula is C56H36N4. The van der Waals surface area contributed by atoms with Crippen molar-refractivity contribution in [1.82, 2.24) is 19.1 Å². The molecule has 0 fully saturated rings. The summed E-state index contributed by atoms with van der Waals surface area (Å²) >= 11 is 0. The number of rotatable bonds is 6. The monoisotopic (exact) mass is 764 g/mol. The van der Waals surface area contributed by atoms with E-state index in [-0.39, 0.29) is 0 Å². The SMILES string of the molecule is c1ccc(-c2cccc(-n3c4ccccc4c4c5c6ccccc6n(-c6cccc7cc(-c8nc(-c9ccccc9)cc(-c9ccccc9)n8)ccc67)c5ccc43)c2)cc1. The Balaban J connectivity index is 1.05. The van der Waals surface area contributed by atoms with Crippen LogP contribution in [0.2, 0.25) is 0 Å². The van der Waals surface area contributed by atoms with Crippen molar-refractivity contribution >= 4 is 54.4 Å². The maximum absolute atomic E-state index is 5.14. The highest BCUT2D eigenvalue weighted by Crippen LogP contribution is 2.43. The second kappa shape index (κ2) is 13.8. The van der Waals surface area contributed by atoms with Crippen molar-refractivity contribution in [2.24, 2.45) is 0 Å². The van der Waals surface area contributed by atoms with E-state index in [9.17, 15) is 0 Å². The van der Waals surface area contributed by atoms with Crippen molar-refractivity contribution in [3.05, 3.63) is 218 Å². The van der Waals surface area contributed by atoms with E-state index in [2.05, 4.69) is 215 Å². The van der Waals surface area contributed by atoms with Gasteiger partial charge in [0.05, 0.1) is 39.1 Å². The first-order chi connectivity index (χ1) is 29.8. The summed E-state index contributed by atoms with van der Waals surface area (Å²) in [6.07, 6.45) is 0.